The Labute approximate surface area is 144 Å². The monoisotopic (exact) mass is 354 g/mol. The molecule has 1 heterocycles. The molecule has 1 aromatic carbocycles. The normalized spacial score (nSPS) is 11.1. The molecule has 2 rings (SSSR count). The lowest BCUT2D eigenvalue weighted by molar-refractivity contribution is -0.142. The van der Waals surface area contributed by atoms with Crippen LogP contribution in [0.25, 0.3) is 0 Å². The van der Waals surface area contributed by atoms with Gasteiger partial charge < -0.3 is 9.30 Å². The fraction of sp³-hybridized carbons (Fsp3) is 0.412. The van der Waals surface area contributed by atoms with Gasteiger partial charge >= 0.3 is 5.97 Å². The number of carbonyl (C=O) groups is 1. The zero-order chi connectivity index (χ0) is 17.9. The van der Waals surface area contributed by atoms with Crippen LogP contribution in [0.1, 0.15) is 45.1 Å². The SMILES string of the molecule is CCn1c(COC(C)=O)nc(Sc2cc(F)cc(F)c2)c1C(C)C. The Morgan fingerprint density at radius 2 is 1.92 bits per heavy atom. The van der Waals surface area contributed by atoms with E-state index in [0.29, 0.717) is 22.3 Å². The van der Waals surface area contributed by atoms with Crippen molar-refractivity contribution < 1.29 is 18.3 Å². The van der Waals surface area contributed by atoms with Crippen molar-refractivity contribution in [1.29, 1.82) is 0 Å². The highest BCUT2D eigenvalue weighted by atomic mass is 32.2. The van der Waals surface area contributed by atoms with Crippen LogP contribution < -0.4 is 0 Å². The standard InChI is InChI=1S/C17H20F2N2O2S/c1-5-21-15(9-23-11(4)22)20-17(16(21)10(2)3)24-14-7-12(18)6-13(19)8-14/h6-8,10H,5,9H2,1-4H3. The topological polar surface area (TPSA) is 44.1 Å². The van der Waals surface area contributed by atoms with Crippen LogP contribution in [0.3, 0.4) is 0 Å². The number of rotatable bonds is 6. The van der Waals surface area contributed by atoms with Crippen LogP contribution in [-0.2, 0) is 22.7 Å². The van der Waals surface area contributed by atoms with Crippen LogP contribution >= 0.6 is 11.8 Å². The average molecular weight is 354 g/mol. The number of esters is 1. The number of nitrogens with zero attached hydrogens (tertiary/aromatic N) is 2. The van der Waals surface area contributed by atoms with Gasteiger partial charge in [0.05, 0.1) is 5.69 Å². The van der Waals surface area contributed by atoms with Gasteiger partial charge in [0.25, 0.3) is 0 Å². The Hall–Kier alpha value is -1.89. The summed E-state index contributed by atoms with van der Waals surface area (Å²) in [7, 11) is 0. The summed E-state index contributed by atoms with van der Waals surface area (Å²) in [5.41, 5.74) is 0.953. The summed E-state index contributed by atoms with van der Waals surface area (Å²) in [6.45, 7) is 8.09. The van der Waals surface area contributed by atoms with Gasteiger partial charge in [0, 0.05) is 24.4 Å². The van der Waals surface area contributed by atoms with E-state index in [1.54, 1.807) is 0 Å². The lowest BCUT2D eigenvalue weighted by Crippen LogP contribution is -2.10. The molecule has 0 spiro atoms. The molecule has 0 atom stereocenters. The molecule has 0 radical (unpaired) electrons. The number of ether oxygens (including phenoxy) is 1. The van der Waals surface area contributed by atoms with E-state index in [0.717, 1.165) is 11.8 Å². The molecule has 0 saturated heterocycles. The van der Waals surface area contributed by atoms with E-state index in [2.05, 4.69) is 4.98 Å². The lowest BCUT2D eigenvalue weighted by Gasteiger charge is -2.13. The summed E-state index contributed by atoms with van der Waals surface area (Å²) >= 11 is 1.20. The number of benzene rings is 1. The number of halogens is 2. The fourth-order valence-corrected chi connectivity index (χ4v) is 3.62. The highest BCUT2D eigenvalue weighted by molar-refractivity contribution is 7.99. The summed E-state index contributed by atoms with van der Waals surface area (Å²) in [5.74, 6) is -0.856. The van der Waals surface area contributed by atoms with E-state index in [1.165, 1.54) is 30.8 Å². The Bertz CT molecular complexity index is 724. The summed E-state index contributed by atoms with van der Waals surface area (Å²) in [6, 6.07) is 3.38. The first-order chi connectivity index (χ1) is 11.3. The Morgan fingerprint density at radius 3 is 2.42 bits per heavy atom. The van der Waals surface area contributed by atoms with Crippen molar-refractivity contribution in [3.05, 3.63) is 41.4 Å². The number of carbonyl (C=O) groups excluding carboxylic acids is 1. The highest BCUT2D eigenvalue weighted by Crippen LogP contribution is 2.35. The molecule has 130 valence electrons. The van der Waals surface area contributed by atoms with Crippen molar-refractivity contribution in [3.8, 4) is 0 Å². The lowest BCUT2D eigenvalue weighted by atomic mass is 10.1. The minimum atomic E-state index is -0.626. The van der Waals surface area contributed by atoms with E-state index < -0.39 is 11.6 Å². The van der Waals surface area contributed by atoms with Crippen molar-refractivity contribution in [1.82, 2.24) is 9.55 Å². The van der Waals surface area contributed by atoms with Crippen molar-refractivity contribution in [3.63, 3.8) is 0 Å². The Morgan fingerprint density at radius 1 is 1.29 bits per heavy atom. The molecular formula is C17H20F2N2O2S. The van der Waals surface area contributed by atoms with Crippen molar-refractivity contribution in [2.45, 2.75) is 56.7 Å². The molecule has 7 heteroatoms. The molecule has 0 N–H and O–H groups in total. The van der Waals surface area contributed by atoms with Crippen molar-refractivity contribution >= 4 is 17.7 Å². The van der Waals surface area contributed by atoms with Gasteiger partial charge in [0.1, 0.15) is 29.1 Å². The minimum absolute atomic E-state index is 0.0704. The first-order valence-corrected chi connectivity index (χ1v) is 8.50. The van der Waals surface area contributed by atoms with Gasteiger partial charge in [-0.25, -0.2) is 13.8 Å². The van der Waals surface area contributed by atoms with Gasteiger partial charge in [0.2, 0.25) is 0 Å². The largest absolute Gasteiger partial charge is 0.458 e. The van der Waals surface area contributed by atoms with Crippen molar-refractivity contribution in [2.75, 3.05) is 0 Å². The van der Waals surface area contributed by atoms with Crippen LogP contribution in [0, 0.1) is 11.6 Å². The summed E-state index contributed by atoms with van der Waals surface area (Å²) < 4.78 is 33.9. The van der Waals surface area contributed by atoms with Gasteiger partial charge in [-0.15, -0.1) is 0 Å². The van der Waals surface area contributed by atoms with E-state index in [9.17, 15) is 13.6 Å². The number of hydrogen-bond donors (Lipinski definition) is 0. The fourth-order valence-electron chi connectivity index (χ4n) is 2.45. The second kappa shape index (κ2) is 7.79. The predicted molar refractivity (Wildman–Crippen MR) is 87.9 cm³/mol. The maximum absolute atomic E-state index is 13.4. The molecule has 0 aliphatic carbocycles. The molecule has 0 bridgehead atoms. The van der Waals surface area contributed by atoms with E-state index in [4.69, 9.17) is 4.74 Å². The summed E-state index contributed by atoms with van der Waals surface area (Å²) in [4.78, 5) is 16.0. The Kier molecular flexibility index (Phi) is 5.99. The number of imidazole rings is 1. The minimum Gasteiger partial charge on any atom is -0.458 e. The van der Waals surface area contributed by atoms with Crippen LogP contribution in [0.5, 0.6) is 0 Å². The van der Waals surface area contributed by atoms with Crippen LogP contribution in [-0.4, -0.2) is 15.5 Å². The maximum atomic E-state index is 13.4. The zero-order valence-corrected chi connectivity index (χ0v) is 14.9. The Balaban J connectivity index is 2.41. The third-order valence-electron chi connectivity index (χ3n) is 3.37. The predicted octanol–water partition coefficient (Wildman–Crippen LogP) is 4.52. The molecule has 0 fully saturated rings. The van der Waals surface area contributed by atoms with Gasteiger partial charge in [-0.2, -0.15) is 0 Å². The van der Waals surface area contributed by atoms with Crippen LogP contribution in [0.15, 0.2) is 28.1 Å². The van der Waals surface area contributed by atoms with Gasteiger partial charge in [-0.05, 0) is 25.0 Å². The summed E-state index contributed by atoms with van der Waals surface area (Å²) in [6.07, 6.45) is 0. The molecular weight excluding hydrogens is 334 g/mol. The highest BCUT2D eigenvalue weighted by Gasteiger charge is 2.20. The molecule has 24 heavy (non-hydrogen) atoms. The third-order valence-corrected chi connectivity index (χ3v) is 4.34. The van der Waals surface area contributed by atoms with Crippen molar-refractivity contribution in [2.24, 2.45) is 0 Å². The average Bonchev–Trinajstić information content (AvgIpc) is 2.81. The van der Waals surface area contributed by atoms with Gasteiger partial charge in [-0.1, -0.05) is 25.6 Å². The van der Waals surface area contributed by atoms with Gasteiger partial charge in [-0.3, -0.25) is 4.79 Å². The first kappa shape index (κ1) is 18.4. The molecule has 0 amide bonds. The number of hydrogen-bond acceptors (Lipinski definition) is 4. The molecule has 1 aromatic heterocycles. The zero-order valence-electron chi connectivity index (χ0n) is 14.1. The molecule has 0 aliphatic rings. The maximum Gasteiger partial charge on any atom is 0.303 e. The molecule has 0 unspecified atom stereocenters. The van der Waals surface area contributed by atoms with Gasteiger partial charge in [0.15, 0.2) is 0 Å². The van der Waals surface area contributed by atoms with Crippen LogP contribution in [0.4, 0.5) is 8.78 Å². The molecule has 4 nitrogen and oxygen atoms in total. The smallest absolute Gasteiger partial charge is 0.303 e. The quantitative estimate of drug-likeness (QED) is 0.716. The summed E-state index contributed by atoms with van der Waals surface area (Å²) in [5, 5.41) is 0.666. The number of aromatic nitrogens is 2. The molecule has 2 aromatic rings. The van der Waals surface area contributed by atoms with E-state index in [1.807, 2.05) is 25.3 Å². The second-order valence-electron chi connectivity index (χ2n) is 5.60. The van der Waals surface area contributed by atoms with E-state index in [-0.39, 0.29) is 18.5 Å². The third kappa shape index (κ3) is 4.35. The molecule has 0 saturated carbocycles. The van der Waals surface area contributed by atoms with Crippen LogP contribution in [0.2, 0.25) is 0 Å². The second-order valence-corrected chi connectivity index (χ2v) is 6.67. The molecule has 0 aliphatic heterocycles. The first-order valence-electron chi connectivity index (χ1n) is 7.68. The van der Waals surface area contributed by atoms with E-state index >= 15 is 0 Å².